The predicted octanol–water partition coefficient (Wildman–Crippen LogP) is 5.06. The van der Waals surface area contributed by atoms with Crippen LogP contribution < -0.4 is 4.74 Å². The number of benzene rings is 3. The molecule has 0 amide bonds. The van der Waals surface area contributed by atoms with Crippen molar-refractivity contribution in [2.75, 3.05) is 19.1 Å². The minimum Gasteiger partial charge on any atom is -0.508 e. The fourth-order valence-electron chi connectivity index (χ4n) is 3.20. The van der Waals surface area contributed by atoms with Gasteiger partial charge in [0.2, 0.25) is 0 Å². The number of aromatic hydroxyl groups is 2. The Bertz CT molecular complexity index is 946. The van der Waals surface area contributed by atoms with Gasteiger partial charge in [-0.15, -0.1) is 11.6 Å². The number of hydrogen-bond donors (Lipinski definition) is 3. The molecule has 0 spiro atoms. The van der Waals surface area contributed by atoms with Crippen molar-refractivity contribution in [1.29, 1.82) is 0 Å². The summed E-state index contributed by atoms with van der Waals surface area (Å²) >= 11 is 6.14. The topological polar surface area (TPSA) is 69.9 Å². The minimum absolute atomic E-state index is 0.0405. The molecule has 150 valence electrons. The SMILES string of the molecule is OCCOc1ccc(C(=C(CCCl)c2ccc(O)cc2)c2ccc(O)cc2)cc1. The van der Waals surface area contributed by atoms with E-state index in [2.05, 4.69) is 0 Å². The molecule has 3 aromatic rings. The average molecular weight is 411 g/mol. The fourth-order valence-corrected chi connectivity index (χ4v) is 3.38. The van der Waals surface area contributed by atoms with Gasteiger partial charge in [-0.1, -0.05) is 36.4 Å². The van der Waals surface area contributed by atoms with Crippen molar-refractivity contribution in [1.82, 2.24) is 0 Å². The molecule has 0 aliphatic carbocycles. The van der Waals surface area contributed by atoms with Crippen LogP contribution in [0, 0.1) is 0 Å². The summed E-state index contributed by atoms with van der Waals surface area (Å²) in [6, 6.07) is 21.8. The Hall–Kier alpha value is -2.95. The molecule has 0 radical (unpaired) electrons. The number of allylic oxidation sites excluding steroid dienone is 1. The first-order valence-electron chi connectivity index (χ1n) is 9.34. The van der Waals surface area contributed by atoms with Crippen LogP contribution in [0.3, 0.4) is 0 Å². The molecule has 3 N–H and O–H groups in total. The third kappa shape index (κ3) is 5.31. The predicted molar refractivity (Wildman–Crippen MR) is 116 cm³/mol. The fraction of sp³-hybridized carbons (Fsp3) is 0.167. The van der Waals surface area contributed by atoms with Crippen molar-refractivity contribution < 1.29 is 20.1 Å². The Labute approximate surface area is 175 Å². The standard InChI is InChI=1S/C24H23ClO4/c25-14-13-23(17-1-7-20(27)8-2-17)24(18-3-9-21(28)10-4-18)19-5-11-22(12-6-19)29-16-15-26/h1-12,26-28H,13-16H2. The maximum atomic E-state index is 9.72. The number of ether oxygens (including phenoxy) is 1. The first kappa shape index (κ1) is 20.8. The van der Waals surface area contributed by atoms with Crippen molar-refractivity contribution in [3.63, 3.8) is 0 Å². The van der Waals surface area contributed by atoms with Crippen LogP contribution in [0.4, 0.5) is 0 Å². The molecule has 0 atom stereocenters. The Morgan fingerprint density at radius 1 is 0.724 bits per heavy atom. The zero-order valence-corrected chi connectivity index (χ0v) is 16.6. The lowest BCUT2D eigenvalue weighted by atomic mass is 9.88. The number of rotatable bonds is 8. The summed E-state index contributed by atoms with van der Waals surface area (Å²) in [6.45, 7) is 0.201. The second-order valence-electron chi connectivity index (χ2n) is 6.48. The molecule has 0 saturated heterocycles. The zero-order chi connectivity index (χ0) is 20.6. The van der Waals surface area contributed by atoms with Gasteiger partial charge in [-0.05, 0) is 70.7 Å². The molecule has 0 unspecified atom stereocenters. The van der Waals surface area contributed by atoms with Crippen LogP contribution in [0.15, 0.2) is 72.8 Å². The minimum atomic E-state index is -0.0405. The highest BCUT2D eigenvalue weighted by molar-refractivity contribution is 6.18. The van der Waals surface area contributed by atoms with Gasteiger partial charge in [0.15, 0.2) is 0 Å². The number of aliphatic hydroxyl groups is 1. The van der Waals surface area contributed by atoms with E-state index in [-0.39, 0.29) is 24.7 Å². The van der Waals surface area contributed by atoms with Gasteiger partial charge in [-0.3, -0.25) is 0 Å². The maximum Gasteiger partial charge on any atom is 0.119 e. The molecule has 0 aliphatic rings. The Kier molecular flexibility index (Phi) is 7.17. The molecule has 29 heavy (non-hydrogen) atoms. The summed E-state index contributed by atoms with van der Waals surface area (Å²) < 4.78 is 5.47. The number of halogens is 1. The van der Waals surface area contributed by atoms with Gasteiger partial charge < -0.3 is 20.1 Å². The molecule has 0 aromatic heterocycles. The number of phenols is 2. The summed E-state index contributed by atoms with van der Waals surface area (Å²) in [4.78, 5) is 0. The summed E-state index contributed by atoms with van der Waals surface area (Å²) in [5.74, 6) is 1.52. The molecule has 0 aliphatic heterocycles. The first-order chi connectivity index (χ1) is 14.1. The van der Waals surface area contributed by atoms with Crippen LogP contribution in [0.5, 0.6) is 17.2 Å². The van der Waals surface area contributed by atoms with Crippen LogP contribution in [0.2, 0.25) is 0 Å². The maximum absolute atomic E-state index is 9.72. The Morgan fingerprint density at radius 3 is 1.69 bits per heavy atom. The van der Waals surface area contributed by atoms with Crippen LogP contribution in [0.25, 0.3) is 11.1 Å². The summed E-state index contributed by atoms with van der Waals surface area (Å²) in [5, 5.41) is 28.3. The summed E-state index contributed by atoms with van der Waals surface area (Å²) in [6.07, 6.45) is 0.630. The van der Waals surface area contributed by atoms with E-state index in [0.29, 0.717) is 18.1 Å². The highest BCUT2D eigenvalue weighted by atomic mass is 35.5. The molecule has 4 nitrogen and oxygen atoms in total. The normalized spacial score (nSPS) is 11.8. The second kappa shape index (κ2) is 10.0. The molecule has 3 rings (SSSR count). The van der Waals surface area contributed by atoms with Gasteiger partial charge in [0.05, 0.1) is 6.61 Å². The zero-order valence-electron chi connectivity index (χ0n) is 15.9. The van der Waals surface area contributed by atoms with Gasteiger partial charge in [-0.25, -0.2) is 0 Å². The third-order valence-corrected chi connectivity index (χ3v) is 4.71. The lowest BCUT2D eigenvalue weighted by Crippen LogP contribution is -2.01. The summed E-state index contributed by atoms with van der Waals surface area (Å²) in [7, 11) is 0. The number of alkyl halides is 1. The van der Waals surface area contributed by atoms with Gasteiger partial charge in [0.1, 0.15) is 23.9 Å². The molecular formula is C24H23ClO4. The summed E-state index contributed by atoms with van der Waals surface area (Å²) in [5.41, 5.74) is 4.91. The lowest BCUT2D eigenvalue weighted by molar-refractivity contribution is 0.201. The van der Waals surface area contributed by atoms with Crippen molar-refractivity contribution in [3.8, 4) is 17.2 Å². The molecule has 0 fully saturated rings. The van der Waals surface area contributed by atoms with E-state index >= 15 is 0 Å². The average Bonchev–Trinajstić information content (AvgIpc) is 2.74. The van der Waals surface area contributed by atoms with E-state index in [1.54, 1.807) is 24.3 Å². The van der Waals surface area contributed by atoms with Crippen molar-refractivity contribution >= 4 is 22.7 Å². The van der Waals surface area contributed by atoms with Gasteiger partial charge in [-0.2, -0.15) is 0 Å². The highest BCUT2D eigenvalue weighted by Crippen LogP contribution is 2.36. The molecular weight excluding hydrogens is 388 g/mol. The lowest BCUT2D eigenvalue weighted by Gasteiger charge is -2.17. The Morgan fingerprint density at radius 2 is 1.21 bits per heavy atom. The van der Waals surface area contributed by atoms with Gasteiger partial charge >= 0.3 is 0 Å². The monoisotopic (exact) mass is 410 g/mol. The largest absolute Gasteiger partial charge is 0.508 e. The van der Waals surface area contributed by atoms with Crippen LogP contribution in [-0.2, 0) is 0 Å². The highest BCUT2D eigenvalue weighted by Gasteiger charge is 2.14. The van der Waals surface area contributed by atoms with E-state index in [1.165, 1.54) is 0 Å². The Balaban J connectivity index is 2.16. The quantitative estimate of drug-likeness (QED) is 0.358. The molecule has 0 bridgehead atoms. The number of hydrogen-bond acceptors (Lipinski definition) is 4. The van der Waals surface area contributed by atoms with E-state index in [9.17, 15) is 10.2 Å². The molecule has 5 heteroatoms. The smallest absolute Gasteiger partial charge is 0.119 e. The first-order valence-corrected chi connectivity index (χ1v) is 9.88. The van der Waals surface area contributed by atoms with Gasteiger partial charge in [0, 0.05) is 5.88 Å². The molecule has 3 aromatic carbocycles. The van der Waals surface area contributed by atoms with E-state index in [0.717, 1.165) is 27.8 Å². The van der Waals surface area contributed by atoms with E-state index < -0.39 is 0 Å². The van der Waals surface area contributed by atoms with Crippen molar-refractivity contribution in [3.05, 3.63) is 89.5 Å². The van der Waals surface area contributed by atoms with Crippen LogP contribution in [0.1, 0.15) is 23.1 Å². The molecule has 0 heterocycles. The van der Waals surface area contributed by atoms with E-state index in [1.807, 2.05) is 48.5 Å². The van der Waals surface area contributed by atoms with E-state index in [4.69, 9.17) is 21.4 Å². The third-order valence-electron chi connectivity index (χ3n) is 4.52. The van der Waals surface area contributed by atoms with Crippen LogP contribution >= 0.6 is 11.6 Å². The van der Waals surface area contributed by atoms with Crippen molar-refractivity contribution in [2.45, 2.75) is 6.42 Å². The molecule has 0 saturated carbocycles. The van der Waals surface area contributed by atoms with Gasteiger partial charge in [0.25, 0.3) is 0 Å². The van der Waals surface area contributed by atoms with Crippen molar-refractivity contribution in [2.24, 2.45) is 0 Å². The number of phenolic OH excluding ortho intramolecular Hbond substituents is 2. The second-order valence-corrected chi connectivity index (χ2v) is 6.86. The number of aliphatic hydroxyl groups excluding tert-OH is 1. The van der Waals surface area contributed by atoms with Crippen LogP contribution in [-0.4, -0.2) is 34.4 Å².